The minimum atomic E-state index is -1.16. The minimum absolute atomic E-state index is 1.16. The molecule has 0 aliphatic heterocycles. The first kappa shape index (κ1) is 9.14. The van der Waals surface area contributed by atoms with Crippen LogP contribution in [-0.4, -0.2) is 23.5 Å². The van der Waals surface area contributed by atoms with Crippen LogP contribution in [0.15, 0.2) is 0 Å². The molecule has 0 heterocycles. The van der Waals surface area contributed by atoms with Gasteiger partial charge in [0.15, 0.2) is 0 Å². The van der Waals surface area contributed by atoms with E-state index in [1.165, 1.54) is 19.3 Å². The summed E-state index contributed by atoms with van der Waals surface area (Å²) >= 11 is 0. The predicted molar refractivity (Wildman–Crippen MR) is 40.9 cm³/mol. The first-order valence-corrected chi connectivity index (χ1v) is 5.46. The molecule has 0 amide bonds. The molecule has 9 heavy (non-hydrogen) atoms. The molecule has 0 aromatic carbocycles. The van der Waals surface area contributed by atoms with Gasteiger partial charge in [0.1, 0.15) is 0 Å². The van der Waals surface area contributed by atoms with Gasteiger partial charge >= 0.3 is 9.28 Å². The van der Waals surface area contributed by atoms with Crippen molar-refractivity contribution in [2.45, 2.75) is 25.8 Å². The lowest BCUT2D eigenvalue weighted by molar-refractivity contribution is 0.285. The first-order valence-electron chi connectivity index (χ1n) is 3.37. The Morgan fingerprint density at radius 1 is 1.00 bits per heavy atom. The standard InChI is InChI=1S/C3H10O2Si.C3H6/c1-4-6(3)5-2;1-2-3-1/h6H,1-3H3;1-3H2. The van der Waals surface area contributed by atoms with Gasteiger partial charge in [0.05, 0.1) is 0 Å². The van der Waals surface area contributed by atoms with Gasteiger partial charge in [-0.15, -0.1) is 0 Å². The Labute approximate surface area is 59.0 Å². The second-order valence-electron chi connectivity index (χ2n) is 2.10. The van der Waals surface area contributed by atoms with Gasteiger partial charge in [-0.05, 0) is 6.55 Å². The van der Waals surface area contributed by atoms with Crippen LogP contribution in [0.4, 0.5) is 0 Å². The van der Waals surface area contributed by atoms with Crippen molar-refractivity contribution in [3.8, 4) is 0 Å². The normalized spacial score (nSPS) is 14.7. The van der Waals surface area contributed by atoms with E-state index < -0.39 is 9.28 Å². The van der Waals surface area contributed by atoms with Crippen molar-refractivity contribution in [1.29, 1.82) is 0 Å². The van der Waals surface area contributed by atoms with Gasteiger partial charge in [0, 0.05) is 14.2 Å². The molecule has 0 atom stereocenters. The van der Waals surface area contributed by atoms with Crippen molar-refractivity contribution in [3.63, 3.8) is 0 Å². The van der Waals surface area contributed by atoms with Crippen LogP contribution < -0.4 is 0 Å². The molecule has 56 valence electrons. The Hall–Kier alpha value is 0.137. The number of hydrogen-bond acceptors (Lipinski definition) is 2. The molecule has 3 heteroatoms. The van der Waals surface area contributed by atoms with Gasteiger partial charge in [-0.2, -0.15) is 0 Å². The second kappa shape index (κ2) is 6.26. The third-order valence-corrected chi connectivity index (χ3v) is 2.35. The zero-order valence-corrected chi connectivity index (χ0v) is 7.67. The smallest absolute Gasteiger partial charge is 0.317 e. The summed E-state index contributed by atoms with van der Waals surface area (Å²) in [5.41, 5.74) is 0. The fraction of sp³-hybridized carbons (Fsp3) is 1.00. The molecule has 1 aliphatic rings. The van der Waals surface area contributed by atoms with Crippen LogP contribution in [0.5, 0.6) is 0 Å². The summed E-state index contributed by atoms with van der Waals surface area (Å²) in [6, 6.07) is 0. The van der Waals surface area contributed by atoms with E-state index in [1.54, 1.807) is 14.2 Å². The molecule has 0 saturated heterocycles. The largest absolute Gasteiger partial charge is 0.400 e. The van der Waals surface area contributed by atoms with Crippen molar-refractivity contribution in [2.75, 3.05) is 14.2 Å². The molecule has 0 aromatic heterocycles. The van der Waals surface area contributed by atoms with E-state index in [2.05, 4.69) is 0 Å². The van der Waals surface area contributed by atoms with Crippen LogP contribution in [0.25, 0.3) is 0 Å². The van der Waals surface area contributed by atoms with Crippen LogP contribution in [0.1, 0.15) is 19.3 Å². The molecule has 1 aliphatic carbocycles. The number of hydrogen-bond donors (Lipinski definition) is 0. The van der Waals surface area contributed by atoms with Crippen LogP contribution in [0.3, 0.4) is 0 Å². The Morgan fingerprint density at radius 2 is 1.33 bits per heavy atom. The predicted octanol–water partition coefficient (Wildman–Crippen LogP) is 1.30. The fourth-order valence-corrected chi connectivity index (χ4v) is 0.289. The number of rotatable bonds is 2. The average Bonchev–Trinajstić information content (AvgIpc) is 2.70. The summed E-state index contributed by atoms with van der Waals surface area (Å²) in [5, 5.41) is 0. The van der Waals surface area contributed by atoms with E-state index >= 15 is 0 Å². The zero-order valence-electron chi connectivity index (χ0n) is 6.52. The second-order valence-corrected chi connectivity index (χ2v) is 4.18. The van der Waals surface area contributed by atoms with Gasteiger partial charge in [-0.25, -0.2) is 0 Å². The Morgan fingerprint density at radius 3 is 1.33 bits per heavy atom. The highest BCUT2D eigenvalue weighted by molar-refractivity contribution is 6.42. The molecule has 2 nitrogen and oxygen atoms in total. The minimum Gasteiger partial charge on any atom is -0.400 e. The lowest BCUT2D eigenvalue weighted by Crippen LogP contribution is -2.12. The zero-order chi connectivity index (χ0) is 7.11. The summed E-state index contributed by atoms with van der Waals surface area (Å²) in [4.78, 5) is 0. The molecular formula is C6H16O2Si. The highest BCUT2D eigenvalue weighted by atomic mass is 28.3. The molecule has 0 aromatic rings. The topological polar surface area (TPSA) is 18.5 Å². The highest BCUT2D eigenvalue weighted by Gasteiger charge is 1.95. The molecule has 0 radical (unpaired) electrons. The van der Waals surface area contributed by atoms with Crippen LogP contribution in [0.2, 0.25) is 6.55 Å². The molecule has 1 fully saturated rings. The van der Waals surface area contributed by atoms with Gasteiger partial charge in [-0.3, -0.25) is 0 Å². The lowest BCUT2D eigenvalue weighted by Gasteiger charge is -2.00. The first-order chi connectivity index (χ1) is 4.31. The van der Waals surface area contributed by atoms with Gasteiger partial charge in [0.2, 0.25) is 0 Å². The molecule has 0 spiro atoms. The SMILES string of the molecule is C1CC1.CO[SiH](C)OC. The maximum Gasteiger partial charge on any atom is 0.317 e. The van der Waals surface area contributed by atoms with E-state index in [4.69, 9.17) is 8.85 Å². The Balaban J connectivity index is 0.000000173. The maximum absolute atomic E-state index is 4.82. The summed E-state index contributed by atoms with van der Waals surface area (Å²) in [6.45, 7) is 1.97. The monoisotopic (exact) mass is 148 g/mol. The van der Waals surface area contributed by atoms with E-state index in [1.807, 2.05) is 6.55 Å². The fourth-order valence-electron chi connectivity index (χ4n) is 0.0962. The quantitative estimate of drug-likeness (QED) is 0.550. The molecule has 1 saturated carbocycles. The van der Waals surface area contributed by atoms with E-state index in [0.29, 0.717) is 0 Å². The molecule has 1 rings (SSSR count). The summed E-state index contributed by atoms with van der Waals surface area (Å²) in [7, 11) is 2.17. The molecule has 0 unspecified atom stereocenters. The molecule has 0 N–H and O–H groups in total. The third-order valence-electron chi connectivity index (χ3n) is 1.02. The van der Waals surface area contributed by atoms with Gasteiger partial charge in [0.25, 0.3) is 0 Å². The third kappa shape index (κ3) is 11.6. The van der Waals surface area contributed by atoms with E-state index in [0.717, 1.165) is 0 Å². The van der Waals surface area contributed by atoms with E-state index in [9.17, 15) is 0 Å². The lowest BCUT2D eigenvalue weighted by atomic mass is 11.0. The molecule has 0 bridgehead atoms. The summed E-state index contributed by atoms with van der Waals surface area (Å²) in [5.74, 6) is 0. The van der Waals surface area contributed by atoms with Gasteiger partial charge in [-0.1, -0.05) is 19.3 Å². The van der Waals surface area contributed by atoms with Crippen molar-refractivity contribution in [3.05, 3.63) is 0 Å². The van der Waals surface area contributed by atoms with Crippen molar-refractivity contribution in [2.24, 2.45) is 0 Å². The summed E-state index contributed by atoms with van der Waals surface area (Å²) in [6.07, 6.45) is 4.50. The van der Waals surface area contributed by atoms with Crippen molar-refractivity contribution < 1.29 is 8.85 Å². The Kier molecular flexibility index (Phi) is 6.35. The Bertz CT molecular complexity index is 50.3. The molecular weight excluding hydrogens is 132 g/mol. The van der Waals surface area contributed by atoms with Crippen LogP contribution >= 0.6 is 0 Å². The highest BCUT2D eigenvalue weighted by Crippen LogP contribution is 2.14. The maximum atomic E-state index is 4.82. The average molecular weight is 148 g/mol. The van der Waals surface area contributed by atoms with Crippen LogP contribution in [-0.2, 0) is 8.85 Å². The van der Waals surface area contributed by atoms with Crippen LogP contribution in [0, 0.1) is 0 Å². The summed E-state index contributed by atoms with van der Waals surface area (Å²) < 4.78 is 9.63. The van der Waals surface area contributed by atoms with Gasteiger partial charge < -0.3 is 8.85 Å². The van der Waals surface area contributed by atoms with Crippen molar-refractivity contribution >= 4 is 9.28 Å². The van der Waals surface area contributed by atoms with Crippen molar-refractivity contribution in [1.82, 2.24) is 0 Å². The van der Waals surface area contributed by atoms with E-state index in [-0.39, 0.29) is 0 Å².